The van der Waals surface area contributed by atoms with Crippen LogP contribution in [0, 0.1) is 12.8 Å². The zero-order chi connectivity index (χ0) is 18.5. The summed E-state index contributed by atoms with van der Waals surface area (Å²) in [6.45, 7) is 6.46. The first-order chi connectivity index (χ1) is 12.6. The lowest BCUT2D eigenvalue weighted by atomic mass is 9.96. The number of carbonyl (C=O) groups is 1. The number of aryl methyl sites for hydroxylation is 1. The fraction of sp³-hybridized carbons (Fsp3) is 0.450. The van der Waals surface area contributed by atoms with Gasteiger partial charge in [-0.3, -0.25) is 9.59 Å². The molecule has 6 nitrogen and oxygen atoms in total. The molecule has 1 aromatic heterocycles. The van der Waals surface area contributed by atoms with E-state index in [0.29, 0.717) is 37.7 Å². The van der Waals surface area contributed by atoms with Crippen LogP contribution in [0.4, 0.5) is 0 Å². The Labute approximate surface area is 153 Å². The number of hydrogen-bond donors (Lipinski definition) is 0. The highest BCUT2D eigenvalue weighted by atomic mass is 16.5. The third kappa shape index (κ3) is 4.31. The summed E-state index contributed by atoms with van der Waals surface area (Å²) < 4.78 is 6.96. The van der Waals surface area contributed by atoms with Gasteiger partial charge < -0.3 is 9.64 Å². The largest absolute Gasteiger partial charge is 0.494 e. The van der Waals surface area contributed by atoms with Gasteiger partial charge in [-0.25, -0.2) is 4.68 Å². The van der Waals surface area contributed by atoms with Gasteiger partial charge in [0.05, 0.1) is 12.3 Å². The predicted octanol–water partition coefficient (Wildman–Crippen LogP) is 2.50. The average Bonchev–Trinajstić information content (AvgIpc) is 2.66. The Morgan fingerprint density at radius 1 is 1.15 bits per heavy atom. The smallest absolute Gasteiger partial charge is 0.266 e. The van der Waals surface area contributed by atoms with Crippen LogP contribution in [-0.2, 0) is 6.54 Å². The van der Waals surface area contributed by atoms with Crippen LogP contribution in [0.3, 0.4) is 0 Å². The van der Waals surface area contributed by atoms with Crippen LogP contribution >= 0.6 is 0 Å². The van der Waals surface area contributed by atoms with Gasteiger partial charge in [-0.2, -0.15) is 5.10 Å². The number of nitrogens with zero attached hydrogens (tertiary/aromatic N) is 3. The Kier molecular flexibility index (Phi) is 5.71. The van der Waals surface area contributed by atoms with E-state index in [1.165, 1.54) is 0 Å². The molecular weight excluding hydrogens is 330 g/mol. The summed E-state index contributed by atoms with van der Waals surface area (Å²) in [5, 5.41) is 4.30. The van der Waals surface area contributed by atoms with Crippen LogP contribution in [0.2, 0.25) is 0 Å². The minimum absolute atomic E-state index is 0.0531. The molecule has 1 amide bonds. The fourth-order valence-electron chi connectivity index (χ4n) is 3.29. The van der Waals surface area contributed by atoms with Gasteiger partial charge in [0.25, 0.3) is 11.5 Å². The molecule has 26 heavy (non-hydrogen) atoms. The number of hydrogen-bond acceptors (Lipinski definition) is 4. The lowest BCUT2D eigenvalue weighted by Gasteiger charge is -2.32. The van der Waals surface area contributed by atoms with E-state index >= 15 is 0 Å². The molecular formula is C20H25N3O3. The Balaban J connectivity index is 1.56. The van der Waals surface area contributed by atoms with Gasteiger partial charge in [0.1, 0.15) is 5.75 Å². The van der Waals surface area contributed by atoms with Crippen molar-refractivity contribution in [3.05, 3.63) is 58.0 Å². The quantitative estimate of drug-likeness (QED) is 0.827. The molecule has 2 aromatic rings. The Morgan fingerprint density at radius 3 is 2.50 bits per heavy atom. The number of piperidine rings is 1. The van der Waals surface area contributed by atoms with Crippen molar-refractivity contribution in [3.63, 3.8) is 0 Å². The molecule has 0 saturated carbocycles. The highest BCUT2D eigenvalue weighted by Crippen LogP contribution is 2.21. The van der Waals surface area contributed by atoms with E-state index in [4.69, 9.17) is 4.74 Å². The number of aromatic nitrogens is 2. The molecule has 0 bridgehead atoms. The van der Waals surface area contributed by atoms with Crippen molar-refractivity contribution in [2.24, 2.45) is 5.92 Å². The van der Waals surface area contributed by atoms with E-state index in [1.54, 1.807) is 16.8 Å². The van der Waals surface area contributed by atoms with E-state index in [-0.39, 0.29) is 11.5 Å². The van der Waals surface area contributed by atoms with Gasteiger partial charge in [-0.15, -0.1) is 0 Å². The molecule has 6 heteroatoms. The Hall–Kier alpha value is -2.63. The fourth-order valence-corrected chi connectivity index (χ4v) is 3.29. The molecule has 0 radical (unpaired) electrons. The molecule has 0 N–H and O–H groups in total. The van der Waals surface area contributed by atoms with Crippen molar-refractivity contribution in [2.45, 2.75) is 33.2 Å². The van der Waals surface area contributed by atoms with Crippen LogP contribution in [0.15, 0.2) is 41.2 Å². The van der Waals surface area contributed by atoms with E-state index in [9.17, 15) is 9.59 Å². The highest BCUT2D eigenvalue weighted by molar-refractivity contribution is 5.94. The summed E-state index contributed by atoms with van der Waals surface area (Å²) in [6.07, 6.45) is 1.76. The van der Waals surface area contributed by atoms with Crippen LogP contribution in [0.25, 0.3) is 0 Å². The van der Waals surface area contributed by atoms with E-state index in [1.807, 2.05) is 43.0 Å². The number of benzene rings is 1. The molecule has 0 spiro atoms. The van der Waals surface area contributed by atoms with Gasteiger partial charge in [0, 0.05) is 31.3 Å². The third-order valence-electron chi connectivity index (χ3n) is 4.75. The molecule has 1 saturated heterocycles. The number of ether oxygens (including phenoxy) is 1. The maximum Gasteiger partial charge on any atom is 0.266 e. The number of rotatable bonds is 5. The minimum Gasteiger partial charge on any atom is -0.494 e. The molecule has 0 atom stereocenters. The second-order valence-corrected chi connectivity index (χ2v) is 6.69. The number of carbonyl (C=O) groups excluding carboxylic acids is 1. The lowest BCUT2D eigenvalue weighted by molar-refractivity contribution is 0.0680. The molecule has 3 rings (SSSR count). The lowest BCUT2D eigenvalue weighted by Crippen LogP contribution is -2.40. The first kappa shape index (κ1) is 18.2. The zero-order valence-electron chi connectivity index (χ0n) is 15.4. The summed E-state index contributed by atoms with van der Waals surface area (Å²) in [6, 6.07) is 10.6. The first-order valence-corrected chi connectivity index (χ1v) is 9.13. The molecule has 0 aliphatic carbocycles. The second kappa shape index (κ2) is 8.17. The molecule has 2 heterocycles. The Bertz CT molecular complexity index is 806. The summed E-state index contributed by atoms with van der Waals surface area (Å²) >= 11 is 0. The minimum atomic E-state index is -0.0662. The second-order valence-electron chi connectivity index (χ2n) is 6.69. The maximum atomic E-state index is 12.7. The molecule has 1 aliphatic heterocycles. The van der Waals surface area contributed by atoms with Crippen LogP contribution < -0.4 is 10.3 Å². The standard InChI is InChI=1S/C20H25N3O3/c1-3-26-18-7-5-17(6-8-18)20(25)22-12-10-16(11-13-22)14-23-19(24)9-4-15(2)21-23/h4-9,16H,3,10-14H2,1-2H3. The summed E-state index contributed by atoms with van der Waals surface area (Å²) in [4.78, 5) is 26.4. The molecule has 1 aliphatic rings. The van der Waals surface area contributed by atoms with Gasteiger partial charge in [0.15, 0.2) is 0 Å². The normalized spacial score (nSPS) is 15.1. The van der Waals surface area contributed by atoms with Crippen molar-refractivity contribution >= 4 is 5.91 Å². The molecule has 0 unspecified atom stereocenters. The summed E-state index contributed by atoms with van der Waals surface area (Å²) in [5.41, 5.74) is 1.46. The van der Waals surface area contributed by atoms with E-state index < -0.39 is 0 Å². The Morgan fingerprint density at radius 2 is 1.85 bits per heavy atom. The van der Waals surface area contributed by atoms with Gasteiger partial charge >= 0.3 is 0 Å². The van der Waals surface area contributed by atoms with Crippen LogP contribution in [0.1, 0.15) is 35.8 Å². The van der Waals surface area contributed by atoms with Crippen molar-refractivity contribution in [1.82, 2.24) is 14.7 Å². The van der Waals surface area contributed by atoms with Crippen LogP contribution in [0.5, 0.6) is 5.75 Å². The SMILES string of the molecule is CCOc1ccc(C(=O)N2CCC(Cn3nc(C)ccc3=O)CC2)cc1. The van der Waals surface area contributed by atoms with Crippen molar-refractivity contribution in [1.29, 1.82) is 0 Å². The molecule has 138 valence electrons. The van der Waals surface area contributed by atoms with Gasteiger partial charge in [-0.05, 0) is 62.9 Å². The van der Waals surface area contributed by atoms with Crippen LogP contribution in [-0.4, -0.2) is 40.3 Å². The van der Waals surface area contributed by atoms with E-state index in [0.717, 1.165) is 24.3 Å². The predicted molar refractivity (Wildman–Crippen MR) is 99.5 cm³/mol. The van der Waals surface area contributed by atoms with Crippen molar-refractivity contribution in [2.75, 3.05) is 19.7 Å². The number of likely N-dealkylation sites (tertiary alicyclic amines) is 1. The topological polar surface area (TPSA) is 64.4 Å². The van der Waals surface area contributed by atoms with Gasteiger partial charge in [-0.1, -0.05) is 0 Å². The van der Waals surface area contributed by atoms with Crippen molar-refractivity contribution < 1.29 is 9.53 Å². The first-order valence-electron chi connectivity index (χ1n) is 9.13. The third-order valence-corrected chi connectivity index (χ3v) is 4.75. The summed E-state index contributed by atoms with van der Waals surface area (Å²) in [5.74, 6) is 1.20. The molecule has 1 fully saturated rings. The van der Waals surface area contributed by atoms with Gasteiger partial charge in [0.2, 0.25) is 0 Å². The zero-order valence-corrected chi connectivity index (χ0v) is 15.4. The summed E-state index contributed by atoms with van der Waals surface area (Å²) in [7, 11) is 0. The highest BCUT2D eigenvalue weighted by Gasteiger charge is 2.24. The van der Waals surface area contributed by atoms with Crippen molar-refractivity contribution in [3.8, 4) is 5.75 Å². The average molecular weight is 355 g/mol. The monoisotopic (exact) mass is 355 g/mol. The van der Waals surface area contributed by atoms with E-state index in [2.05, 4.69) is 5.10 Å². The number of amides is 1. The maximum absolute atomic E-state index is 12.7. The molecule has 1 aromatic carbocycles.